The van der Waals surface area contributed by atoms with Crippen LogP contribution in [0.3, 0.4) is 0 Å². The first-order valence-corrected chi connectivity index (χ1v) is 9.37. The number of aliphatic imine (C=N–C) groups is 1. The number of nitrogens with zero attached hydrogens (tertiary/aromatic N) is 2. The molecule has 0 aliphatic carbocycles. The number of benzene rings is 2. The van der Waals surface area contributed by atoms with E-state index in [-0.39, 0.29) is 11.5 Å². The molecule has 0 fully saturated rings. The number of furan rings is 1. The summed E-state index contributed by atoms with van der Waals surface area (Å²) in [5.74, 6) is 0.443. The van der Waals surface area contributed by atoms with E-state index in [1.807, 2.05) is 18.2 Å². The number of rotatable bonds is 6. The minimum absolute atomic E-state index is 0.0810. The van der Waals surface area contributed by atoms with E-state index < -0.39 is 11.8 Å². The number of hydrogen-bond acceptors (Lipinski definition) is 6. The molecule has 8 nitrogen and oxygen atoms in total. The van der Waals surface area contributed by atoms with Gasteiger partial charge >= 0.3 is 5.91 Å². The molecule has 4 rings (SSSR count). The van der Waals surface area contributed by atoms with Gasteiger partial charge in [0.05, 0.1) is 20.5 Å². The van der Waals surface area contributed by atoms with Crippen molar-refractivity contribution < 1.29 is 23.5 Å². The van der Waals surface area contributed by atoms with E-state index in [0.29, 0.717) is 28.5 Å². The van der Waals surface area contributed by atoms with Gasteiger partial charge in [-0.15, -0.1) is 0 Å². The van der Waals surface area contributed by atoms with E-state index >= 15 is 0 Å². The van der Waals surface area contributed by atoms with Crippen LogP contribution in [0, 0.1) is 0 Å². The molecular formula is C23H19N3O5. The lowest BCUT2D eigenvalue weighted by Gasteiger charge is -2.18. The summed E-state index contributed by atoms with van der Waals surface area (Å²) >= 11 is 0. The van der Waals surface area contributed by atoms with Gasteiger partial charge in [-0.2, -0.15) is 5.01 Å². The van der Waals surface area contributed by atoms with Crippen LogP contribution in [0.25, 0.3) is 6.08 Å². The molecule has 31 heavy (non-hydrogen) atoms. The van der Waals surface area contributed by atoms with Crippen molar-refractivity contribution in [1.29, 1.82) is 0 Å². The normalized spacial score (nSPS) is 14.5. The number of nitrogens with one attached hydrogen (secondary N) is 1. The molecule has 1 aliphatic heterocycles. The fourth-order valence-corrected chi connectivity index (χ4v) is 3.07. The van der Waals surface area contributed by atoms with Crippen molar-refractivity contribution in [2.45, 2.75) is 0 Å². The smallest absolute Gasteiger partial charge is 0.305 e. The summed E-state index contributed by atoms with van der Waals surface area (Å²) in [4.78, 5) is 30.1. The van der Waals surface area contributed by atoms with Gasteiger partial charge in [-0.3, -0.25) is 15.0 Å². The molecule has 8 heteroatoms. The van der Waals surface area contributed by atoms with Crippen LogP contribution in [-0.2, 0) is 4.79 Å². The SMILES string of the molecule is COc1ccc(C=C2N=C(c3ccccc3)N(NC(=O)c3ccco3)C2=O)cc1OC. The molecule has 2 amide bonds. The van der Waals surface area contributed by atoms with Gasteiger partial charge in [-0.1, -0.05) is 36.4 Å². The van der Waals surface area contributed by atoms with Crippen molar-refractivity contribution in [2.24, 2.45) is 4.99 Å². The van der Waals surface area contributed by atoms with Gasteiger partial charge in [0.15, 0.2) is 23.1 Å². The number of amidine groups is 1. The zero-order valence-electron chi connectivity index (χ0n) is 16.9. The number of carbonyl (C=O) groups excluding carboxylic acids is 2. The Morgan fingerprint density at radius 1 is 1.03 bits per heavy atom. The first-order valence-electron chi connectivity index (χ1n) is 9.37. The summed E-state index contributed by atoms with van der Waals surface area (Å²) in [5, 5.41) is 1.12. The van der Waals surface area contributed by atoms with Gasteiger partial charge in [-0.25, -0.2) is 4.99 Å². The third-order valence-electron chi connectivity index (χ3n) is 4.56. The standard InChI is InChI=1S/C23H19N3O5/c1-29-18-11-10-15(14-20(18)30-2)13-17-23(28)26(25-22(27)19-9-6-12-31-19)21(24-17)16-7-4-3-5-8-16/h3-14H,1-2H3,(H,25,27). The third kappa shape index (κ3) is 4.04. The summed E-state index contributed by atoms with van der Waals surface area (Å²) in [6.45, 7) is 0. The molecule has 2 aromatic carbocycles. The predicted molar refractivity (Wildman–Crippen MR) is 114 cm³/mol. The molecule has 0 bridgehead atoms. The predicted octanol–water partition coefficient (Wildman–Crippen LogP) is 3.27. The Labute approximate surface area is 178 Å². The molecule has 1 N–H and O–H groups in total. The van der Waals surface area contributed by atoms with E-state index in [0.717, 1.165) is 5.01 Å². The molecule has 0 radical (unpaired) electrons. The van der Waals surface area contributed by atoms with Crippen LogP contribution in [0.4, 0.5) is 0 Å². The average molecular weight is 417 g/mol. The zero-order chi connectivity index (χ0) is 21.8. The van der Waals surface area contributed by atoms with Crippen molar-refractivity contribution in [3.8, 4) is 11.5 Å². The number of hydrazine groups is 1. The molecule has 0 atom stereocenters. The minimum atomic E-state index is -0.561. The fourth-order valence-electron chi connectivity index (χ4n) is 3.07. The molecule has 0 spiro atoms. The molecule has 0 unspecified atom stereocenters. The van der Waals surface area contributed by atoms with Gasteiger partial charge < -0.3 is 13.9 Å². The average Bonchev–Trinajstić information content (AvgIpc) is 3.44. The van der Waals surface area contributed by atoms with Crippen LogP contribution in [-0.4, -0.2) is 36.9 Å². The maximum atomic E-state index is 13.1. The summed E-state index contributed by atoms with van der Waals surface area (Å²) in [6.07, 6.45) is 3.00. The van der Waals surface area contributed by atoms with Crippen molar-refractivity contribution in [2.75, 3.05) is 14.2 Å². The molecule has 3 aromatic rings. The van der Waals surface area contributed by atoms with Gasteiger partial charge in [0.25, 0.3) is 5.91 Å². The molecular weight excluding hydrogens is 398 g/mol. The van der Waals surface area contributed by atoms with Crippen molar-refractivity contribution in [3.63, 3.8) is 0 Å². The van der Waals surface area contributed by atoms with Crippen LogP contribution in [0.5, 0.6) is 11.5 Å². The number of amides is 2. The first-order chi connectivity index (χ1) is 15.1. The Morgan fingerprint density at radius 2 is 1.81 bits per heavy atom. The number of methoxy groups -OCH3 is 2. The fraction of sp³-hybridized carbons (Fsp3) is 0.0870. The Morgan fingerprint density at radius 3 is 2.48 bits per heavy atom. The highest BCUT2D eigenvalue weighted by Gasteiger charge is 2.33. The Hall–Kier alpha value is -4.33. The van der Waals surface area contributed by atoms with E-state index in [1.54, 1.807) is 49.6 Å². The van der Waals surface area contributed by atoms with Crippen LogP contribution in [0.15, 0.2) is 82.0 Å². The Bertz CT molecular complexity index is 1170. The molecule has 156 valence electrons. The zero-order valence-corrected chi connectivity index (χ0v) is 16.9. The van der Waals surface area contributed by atoms with Crippen LogP contribution in [0.2, 0.25) is 0 Å². The Balaban J connectivity index is 1.71. The summed E-state index contributed by atoms with van der Waals surface area (Å²) < 4.78 is 15.7. The third-order valence-corrected chi connectivity index (χ3v) is 4.56. The van der Waals surface area contributed by atoms with E-state index in [1.165, 1.54) is 19.4 Å². The van der Waals surface area contributed by atoms with Crippen LogP contribution in [0.1, 0.15) is 21.7 Å². The van der Waals surface area contributed by atoms with Gasteiger partial charge in [0.1, 0.15) is 5.70 Å². The molecule has 2 heterocycles. The van der Waals surface area contributed by atoms with Crippen molar-refractivity contribution in [1.82, 2.24) is 10.4 Å². The number of carbonyl (C=O) groups is 2. The van der Waals surface area contributed by atoms with E-state index in [4.69, 9.17) is 13.9 Å². The second-order valence-corrected chi connectivity index (χ2v) is 6.50. The second-order valence-electron chi connectivity index (χ2n) is 6.50. The summed E-state index contributed by atoms with van der Waals surface area (Å²) in [7, 11) is 3.08. The molecule has 0 saturated carbocycles. The maximum absolute atomic E-state index is 13.1. The molecule has 1 aliphatic rings. The molecule has 0 saturated heterocycles. The second kappa shape index (κ2) is 8.58. The van der Waals surface area contributed by atoms with Gasteiger partial charge in [-0.05, 0) is 35.9 Å². The number of hydrogen-bond donors (Lipinski definition) is 1. The van der Waals surface area contributed by atoms with Gasteiger partial charge in [0.2, 0.25) is 0 Å². The maximum Gasteiger partial charge on any atom is 0.305 e. The molecule has 1 aromatic heterocycles. The summed E-state index contributed by atoms with van der Waals surface area (Å²) in [5.41, 5.74) is 4.09. The summed E-state index contributed by atoms with van der Waals surface area (Å²) in [6, 6.07) is 17.5. The highest BCUT2D eigenvalue weighted by atomic mass is 16.5. The van der Waals surface area contributed by atoms with Crippen LogP contribution >= 0.6 is 0 Å². The van der Waals surface area contributed by atoms with Crippen molar-refractivity contribution in [3.05, 3.63) is 89.5 Å². The monoisotopic (exact) mass is 417 g/mol. The lowest BCUT2D eigenvalue weighted by Crippen LogP contribution is -2.47. The lowest BCUT2D eigenvalue weighted by atomic mass is 10.1. The van der Waals surface area contributed by atoms with Crippen molar-refractivity contribution >= 4 is 23.7 Å². The largest absolute Gasteiger partial charge is 0.493 e. The first kappa shape index (κ1) is 20.0. The van der Waals surface area contributed by atoms with E-state index in [2.05, 4.69) is 10.4 Å². The van der Waals surface area contributed by atoms with E-state index in [9.17, 15) is 9.59 Å². The minimum Gasteiger partial charge on any atom is -0.493 e. The Kier molecular flexibility index (Phi) is 5.53. The lowest BCUT2D eigenvalue weighted by molar-refractivity contribution is -0.124. The topological polar surface area (TPSA) is 93.4 Å². The highest BCUT2D eigenvalue weighted by Crippen LogP contribution is 2.29. The highest BCUT2D eigenvalue weighted by molar-refractivity contribution is 6.20. The van der Waals surface area contributed by atoms with Gasteiger partial charge in [0, 0.05) is 5.56 Å². The van der Waals surface area contributed by atoms with Crippen LogP contribution < -0.4 is 14.9 Å². The quantitative estimate of drug-likeness (QED) is 0.622. The number of ether oxygens (including phenoxy) is 2.